The van der Waals surface area contributed by atoms with Crippen molar-refractivity contribution in [3.05, 3.63) is 23.8 Å². The van der Waals surface area contributed by atoms with Gasteiger partial charge in [0.05, 0.1) is 19.8 Å². The Labute approximate surface area is 223 Å². The summed E-state index contributed by atoms with van der Waals surface area (Å²) in [7, 11) is 0. The molecule has 0 aromatic heterocycles. The number of ketones is 1. The quantitative estimate of drug-likeness (QED) is 0.101. The number of unbranched alkanes of at least 4 members (excludes halogenated alkanes) is 18. The zero-order valence-electron chi connectivity index (χ0n) is 23.8. The number of hydrogen-bond acceptors (Lipinski definition) is 4. The van der Waals surface area contributed by atoms with Crippen LogP contribution in [0.2, 0.25) is 0 Å². The molecule has 0 aliphatic carbocycles. The standard InChI is InChI=1S/C32H57NO3/c1-3-5-7-9-11-13-15-17-19-21-25-35-31-24-23-29(30(34)28-33)27-32(31)36-26-22-20-18-16-14-12-10-8-6-4-2/h23-24,27H,3-22,25-26,28,33H2,1-2H3. The van der Waals surface area contributed by atoms with Crippen molar-refractivity contribution in [3.63, 3.8) is 0 Å². The van der Waals surface area contributed by atoms with Gasteiger partial charge in [-0.25, -0.2) is 0 Å². The second kappa shape index (κ2) is 23.8. The largest absolute Gasteiger partial charge is 0.490 e. The fraction of sp³-hybridized carbons (Fsp3) is 0.781. The molecule has 1 aromatic carbocycles. The van der Waals surface area contributed by atoms with E-state index in [1.165, 1.54) is 116 Å². The van der Waals surface area contributed by atoms with Crippen molar-refractivity contribution in [1.82, 2.24) is 0 Å². The maximum atomic E-state index is 12.1. The van der Waals surface area contributed by atoms with Gasteiger partial charge in [-0.15, -0.1) is 0 Å². The Balaban J connectivity index is 2.27. The highest BCUT2D eigenvalue weighted by molar-refractivity contribution is 5.98. The predicted molar refractivity (Wildman–Crippen MR) is 155 cm³/mol. The number of rotatable bonds is 26. The molecule has 1 aromatic rings. The van der Waals surface area contributed by atoms with Crippen LogP contribution in [-0.2, 0) is 0 Å². The van der Waals surface area contributed by atoms with E-state index < -0.39 is 0 Å². The van der Waals surface area contributed by atoms with E-state index in [1.807, 2.05) is 6.07 Å². The average molecular weight is 504 g/mol. The lowest BCUT2D eigenvalue weighted by Gasteiger charge is -2.14. The Hall–Kier alpha value is -1.55. The normalized spacial score (nSPS) is 11.1. The number of carbonyl (C=O) groups is 1. The van der Waals surface area contributed by atoms with Gasteiger partial charge in [0, 0.05) is 5.56 Å². The topological polar surface area (TPSA) is 61.5 Å². The fourth-order valence-electron chi connectivity index (χ4n) is 4.57. The monoisotopic (exact) mass is 503 g/mol. The van der Waals surface area contributed by atoms with Crippen LogP contribution in [0.25, 0.3) is 0 Å². The molecule has 0 aliphatic heterocycles. The van der Waals surface area contributed by atoms with E-state index in [-0.39, 0.29) is 12.3 Å². The Bertz CT molecular complexity index is 646. The highest BCUT2D eigenvalue weighted by Crippen LogP contribution is 2.29. The van der Waals surface area contributed by atoms with Crippen molar-refractivity contribution in [2.45, 2.75) is 142 Å². The minimum atomic E-state index is -0.0694. The van der Waals surface area contributed by atoms with Crippen LogP contribution in [0.5, 0.6) is 11.5 Å². The minimum Gasteiger partial charge on any atom is -0.490 e. The molecule has 0 saturated heterocycles. The molecule has 208 valence electrons. The summed E-state index contributed by atoms with van der Waals surface area (Å²) in [4.78, 5) is 12.1. The summed E-state index contributed by atoms with van der Waals surface area (Å²) in [6, 6.07) is 5.48. The molecule has 0 spiro atoms. The number of benzene rings is 1. The molecule has 0 amide bonds. The molecule has 0 heterocycles. The van der Waals surface area contributed by atoms with Crippen LogP contribution in [0.15, 0.2) is 18.2 Å². The van der Waals surface area contributed by atoms with Gasteiger partial charge in [0.1, 0.15) is 0 Å². The third kappa shape index (κ3) is 17.0. The molecule has 0 bridgehead atoms. The lowest BCUT2D eigenvalue weighted by atomic mass is 10.1. The first kappa shape index (κ1) is 32.5. The van der Waals surface area contributed by atoms with Gasteiger partial charge < -0.3 is 15.2 Å². The first-order chi connectivity index (χ1) is 17.7. The van der Waals surface area contributed by atoms with Gasteiger partial charge in [-0.2, -0.15) is 0 Å². The number of hydrogen-bond donors (Lipinski definition) is 1. The van der Waals surface area contributed by atoms with Gasteiger partial charge in [-0.05, 0) is 31.0 Å². The smallest absolute Gasteiger partial charge is 0.176 e. The SMILES string of the molecule is CCCCCCCCCCCCOc1ccc(C(=O)CN)cc1OCCCCCCCCCCCC. The maximum absolute atomic E-state index is 12.1. The van der Waals surface area contributed by atoms with Gasteiger partial charge in [0.25, 0.3) is 0 Å². The van der Waals surface area contributed by atoms with Crippen molar-refractivity contribution in [2.24, 2.45) is 5.73 Å². The molecule has 2 N–H and O–H groups in total. The van der Waals surface area contributed by atoms with E-state index in [2.05, 4.69) is 13.8 Å². The van der Waals surface area contributed by atoms with E-state index >= 15 is 0 Å². The average Bonchev–Trinajstić information content (AvgIpc) is 2.90. The number of carbonyl (C=O) groups excluding carboxylic acids is 1. The van der Waals surface area contributed by atoms with E-state index in [0.717, 1.165) is 18.6 Å². The molecule has 0 fully saturated rings. The molecule has 4 heteroatoms. The third-order valence-electron chi connectivity index (χ3n) is 6.96. The third-order valence-corrected chi connectivity index (χ3v) is 6.96. The lowest BCUT2D eigenvalue weighted by molar-refractivity contribution is 0.100. The van der Waals surface area contributed by atoms with E-state index in [0.29, 0.717) is 24.5 Å². The number of nitrogens with two attached hydrogens (primary N) is 1. The van der Waals surface area contributed by atoms with Crippen LogP contribution in [0, 0.1) is 0 Å². The van der Waals surface area contributed by atoms with E-state index in [4.69, 9.17) is 15.2 Å². The molecular weight excluding hydrogens is 446 g/mol. The number of ether oxygens (including phenoxy) is 2. The maximum Gasteiger partial charge on any atom is 0.176 e. The Morgan fingerprint density at radius 2 is 0.972 bits per heavy atom. The summed E-state index contributed by atoms with van der Waals surface area (Å²) in [5.74, 6) is 1.35. The van der Waals surface area contributed by atoms with Crippen molar-refractivity contribution in [2.75, 3.05) is 19.8 Å². The summed E-state index contributed by atoms with van der Waals surface area (Å²) >= 11 is 0. The van der Waals surface area contributed by atoms with Gasteiger partial charge in [0.2, 0.25) is 0 Å². The summed E-state index contributed by atoms with van der Waals surface area (Å²) in [5.41, 5.74) is 6.16. The summed E-state index contributed by atoms with van der Waals surface area (Å²) in [6.45, 7) is 5.89. The molecule has 36 heavy (non-hydrogen) atoms. The first-order valence-corrected chi connectivity index (χ1v) is 15.4. The van der Waals surface area contributed by atoms with Gasteiger partial charge in [-0.1, -0.05) is 129 Å². The second-order valence-electron chi connectivity index (χ2n) is 10.3. The van der Waals surface area contributed by atoms with Crippen molar-refractivity contribution < 1.29 is 14.3 Å². The van der Waals surface area contributed by atoms with Gasteiger partial charge in [0.15, 0.2) is 17.3 Å². The Morgan fingerprint density at radius 1 is 0.583 bits per heavy atom. The Kier molecular flexibility index (Phi) is 21.5. The van der Waals surface area contributed by atoms with Gasteiger partial charge >= 0.3 is 0 Å². The van der Waals surface area contributed by atoms with Crippen LogP contribution in [-0.4, -0.2) is 25.5 Å². The first-order valence-electron chi connectivity index (χ1n) is 15.4. The summed E-state index contributed by atoms with van der Waals surface area (Å²) in [5, 5.41) is 0. The van der Waals surface area contributed by atoms with Gasteiger partial charge in [-0.3, -0.25) is 4.79 Å². The minimum absolute atomic E-state index is 0.0106. The van der Waals surface area contributed by atoms with Crippen LogP contribution >= 0.6 is 0 Å². The highest BCUT2D eigenvalue weighted by Gasteiger charge is 2.11. The molecule has 0 atom stereocenters. The van der Waals surface area contributed by atoms with E-state index in [1.54, 1.807) is 12.1 Å². The van der Waals surface area contributed by atoms with Crippen LogP contribution in [0.1, 0.15) is 153 Å². The fourth-order valence-corrected chi connectivity index (χ4v) is 4.57. The Morgan fingerprint density at radius 3 is 1.39 bits per heavy atom. The molecule has 0 unspecified atom stereocenters. The molecule has 1 rings (SSSR count). The van der Waals surface area contributed by atoms with Crippen LogP contribution in [0.4, 0.5) is 0 Å². The van der Waals surface area contributed by atoms with Crippen LogP contribution in [0.3, 0.4) is 0 Å². The molecule has 4 nitrogen and oxygen atoms in total. The van der Waals surface area contributed by atoms with Crippen molar-refractivity contribution >= 4 is 5.78 Å². The van der Waals surface area contributed by atoms with Crippen molar-refractivity contribution in [1.29, 1.82) is 0 Å². The predicted octanol–water partition coefficient (Wildman–Crippen LogP) is 9.43. The van der Waals surface area contributed by atoms with Crippen LogP contribution < -0.4 is 15.2 Å². The molecule has 0 saturated carbocycles. The summed E-state index contributed by atoms with van der Waals surface area (Å²) < 4.78 is 12.1. The lowest BCUT2D eigenvalue weighted by Crippen LogP contribution is -2.14. The highest BCUT2D eigenvalue weighted by atomic mass is 16.5. The number of Topliss-reactive ketones (excluding diaryl/α,β-unsaturated/α-hetero) is 1. The molecule has 0 radical (unpaired) electrons. The molecule has 0 aliphatic rings. The van der Waals surface area contributed by atoms with E-state index in [9.17, 15) is 4.79 Å². The summed E-state index contributed by atoms with van der Waals surface area (Å²) in [6.07, 6.45) is 26.1. The zero-order valence-corrected chi connectivity index (χ0v) is 23.8. The second-order valence-corrected chi connectivity index (χ2v) is 10.3. The molecular formula is C32H57NO3. The van der Waals surface area contributed by atoms with Crippen molar-refractivity contribution in [3.8, 4) is 11.5 Å². The zero-order chi connectivity index (χ0) is 26.1.